The third kappa shape index (κ3) is 32.6. The summed E-state index contributed by atoms with van der Waals surface area (Å²) in [5, 5.41) is 0. The van der Waals surface area contributed by atoms with Gasteiger partial charge in [0.2, 0.25) is 0 Å². The number of carbonyl (C=O) groups excluding carboxylic acids is 3. The van der Waals surface area contributed by atoms with Crippen LogP contribution >= 0.6 is 0 Å². The molecule has 93 heavy (non-hydrogen) atoms. The molecule has 0 unspecified atom stereocenters. The molecular formula is C81H104O12. The van der Waals surface area contributed by atoms with Gasteiger partial charge in [-0.25, -0.2) is 14.4 Å². The summed E-state index contributed by atoms with van der Waals surface area (Å²) in [5.74, 6) is 1.56. The standard InChI is InChI=1S/C81H104O12/c1-85-75-49-43-72(44-50-75)69-37-28-66(29-38-69)34-55-79(82)91-61-25-19-13-6-4-10-16-22-58-88-64-78(90-60-24-18-12-8-9-15-21-27-63-93-81(84)57-36-68-32-41-71(42-33-68)74-47-53-77(87-3)54-48-74)65-89-59-23-17-11-5-7-14-20-26-62-92-80(83)56-35-67-30-39-70(40-31-67)73-45-51-76(86-2)52-46-73/h28-57,78H,4-27,58-65H2,1-3H3/b55-34+,56-35+,57-36+. The number of benzene rings is 6. The Balaban J connectivity index is 0.756. The number of esters is 3. The van der Waals surface area contributed by atoms with Gasteiger partial charge in [0.1, 0.15) is 23.4 Å². The van der Waals surface area contributed by atoms with Crippen LogP contribution in [0.4, 0.5) is 0 Å². The molecule has 500 valence electrons. The lowest BCUT2D eigenvalue weighted by atomic mass is 10.0. The molecule has 0 fully saturated rings. The normalized spacial score (nSPS) is 11.5. The molecule has 0 heterocycles. The first-order valence-corrected chi connectivity index (χ1v) is 34.3. The molecule has 0 N–H and O–H groups in total. The first-order valence-electron chi connectivity index (χ1n) is 34.3. The molecule has 0 aliphatic carbocycles. The highest BCUT2D eigenvalue weighted by molar-refractivity contribution is 5.88. The highest BCUT2D eigenvalue weighted by atomic mass is 16.6. The zero-order valence-corrected chi connectivity index (χ0v) is 55.9. The van der Waals surface area contributed by atoms with Crippen molar-refractivity contribution in [3.8, 4) is 50.6 Å². The van der Waals surface area contributed by atoms with Gasteiger partial charge in [-0.15, -0.1) is 0 Å². The fourth-order valence-electron chi connectivity index (χ4n) is 10.7. The predicted molar refractivity (Wildman–Crippen MR) is 377 cm³/mol. The number of carbonyl (C=O) groups is 3. The van der Waals surface area contributed by atoms with Gasteiger partial charge in [-0.3, -0.25) is 0 Å². The van der Waals surface area contributed by atoms with Crippen LogP contribution in [0.1, 0.15) is 171 Å². The second kappa shape index (κ2) is 47.2. The molecule has 6 aromatic rings. The van der Waals surface area contributed by atoms with Crippen molar-refractivity contribution >= 4 is 36.1 Å². The maximum Gasteiger partial charge on any atom is 0.330 e. The van der Waals surface area contributed by atoms with Gasteiger partial charge >= 0.3 is 17.9 Å². The van der Waals surface area contributed by atoms with E-state index in [0.717, 1.165) is 177 Å². The van der Waals surface area contributed by atoms with Crippen LogP contribution < -0.4 is 14.2 Å². The van der Waals surface area contributed by atoms with Crippen molar-refractivity contribution in [1.82, 2.24) is 0 Å². The smallest absolute Gasteiger partial charge is 0.330 e. The Labute approximate surface area is 556 Å². The van der Waals surface area contributed by atoms with Crippen molar-refractivity contribution in [3.05, 3.63) is 181 Å². The summed E-state index contributed by atoms with van der Waals surface area (Å²) in [4.78, 5) is 37.0. The zero-order valence-electron chi connectivity index (χ0n) is 55.9. The van der Waals surface area contributed by atoms with Crippen LogP contribution in [0.3, 0.4) is 0 Å². The van der Waals surface area contributed by atoms with E-state index in [9.17, 15) is 14.4 Å². The molecule has 0 saturated heterocycles. The van der Waals surface area contributed by atoms with Crippen LogP contribution in [-0.4, -0.2) is 98.2 Å². The number of ether oxygens (including phenoxy) is 9. The summed E-state index contributed by atoms with van der Waals surface area (Å²) >= 11 is 0. The first-order chi connectivity index (χ1) is 45.8. The SMILES string of the molecule is COc1ccc(-c2ccc(/C=C/C(=O)OCCCCCCCCCCOCC(COCCCCCCCCCCOC(=O)/C=C/c3ccc(-c4ccc(OC)cc4)cc3)OCCCCCCCCCCOC(=O)/C=C/c3ccc(-c4ccc(OC)cc4)cc3)cc2)cc1. The molecule has 6 rings (SSSR count). The average Bonchev–Trinajstić information content (AvgIpc) is 2.17. The lowest BCUT2D eigenvalue weighted by Gasteiger charge is -2.18. The van der Waals surface area contributed by atoms with Gasteiger partial charge in [-0.05, 0) is 143 Å². The van der Waals surface area contributed by atoms with E-state index in [0.29, 0.717) is 39.6 Å². The molecule has 6 aromatic carbocycles. The Hall–Kier alpha value is -7.77. The minimum absolute atomic E-state index is 0.0788. The number of unbranched alkanes of at least 4 members (excludes halogenated alkanes) is 21. The van der Waals surface area contributed by atoms with E-state index in [1.165, 1.54) is 76.0 Å². The molecule has 0 aliphatic rings. The topological polar surface area (TPSA) is 134 Å². The van der Waals surface area contributed by atoms with Crippen LogP contribution in [0.15, 0.2) is 164 Å². The molecule has 0 aliphatic heterocycles. The van der Waals surface area contributed by atoms with Crippen LogP contribution in [0.25, 0.3) is 51.6 Å². The second-order valence-corrected chi connectivity index (χ2v) is 23.7. The fraction of sp³-hybridized carbons (Fsp3) is 0.444. The lowest BCUT2D eigenvalue weighted by molar-refractivity contribution is -0.138. The lowest BCUT2D eigenvalue weighted by Crippen LogP contribution is -2.26. The monoisotopic (exact) mass is 1270 g/mol. The van der Waals surface area contributed by atoms with Crippen molar-refractivity contribution in [1.29, 1.82) is 0 Å². The average molecular weight is 1270 g/mol. The summed E-state index contributed by atoms with van der Waals surface area (Å²) in [6, 6.07) is 48.2. The molecule has 0 spiro atoms. The summed E-state index contributed by atoms with van der Waals surface area (Å²) in [5.41, 5.74) is 9.49. The largest absolute Gasteiger partial charge is 0.497 e. The number of hydrogen-bond acceptors (Lipinski definition) is 12. The molecule has 0 atom stereocenters. The third-order valence-electron chi connectivity index (χ3n) is 16.3. The molecule has 12 nitrogen and oxygen atoms in total. The summed E-state index contributed by atoms with van der Waals surface area (Å²) < 4.78 is 50.9. The van der Waals surface area contributed by atoms with Gasteiger partial charge in [0.05, 0.1) is 54.4 Å². The van der Waals surface area contributed by atoms with Crippen molar-refractivity contribution in [2.75, 3.05) is 74.2 Å². The molecule has 0 amide bonds. The van der Waals surface area contributed by atoms with E-state index in [1.807, 2.05) is 146 Å². The molecule has 0 bridgehead atoms. The summed E-state index contributed by atoms with van der Waals surface area (Å²) in [6.07, 6.45) is 36.2. The quantitative estimate of drug-likeness (QED) is 0.0156. The Morgan fingerprint density at radius 2 is 0.495 bits per heavy atom. The Morgan fingerprint density at radius 3 is 0.742 bits per heavy atom. The fourth-order valence-corrected chi connectivity index (χ4v) is 10.7. The van der Waals surface area contributed by atoms with E-state index in [-0.39, 0.29) is 24.0 Å². The molecule has 0 saturated carbocycles. The van der Waals surface area contributed by atoms with Gasteiger partial charge in [0.25, 0.3) is 0 Å². The van der Waals surface area contributed by atoms with Crippen molar-refractivity contribution in [3.63, 3.8) is 0 Å². The molecular weight excluding hydrogens is 1160 g/mol. The van der Waals surface area contributed by atoms with Crippen LogP contribution in [0.5, 0.6) is 17.2 Å². The van der Waals surface area contributed by atoms with Crippen LogP contribution in [0, 0.1) is 0 Å². The number of methoxy groups -OCH3 is 3. The maximum absolute atomic E-state index is 12.3. The van der Waals surface area contributed by atoms with Crippen molar-refractivity contribution in [2.45, 2.75) is 160 Å². The van der Waals surface area contributed by atoms with E-state index in [2.05, 4.69) is 0 Å². The second-order valence-electron chi connectivity index (χ2n) is 23.7. The Morgan fingerprint density at radius 1 is 0.280 bits per heavy atom. The Kier molecular flexibility index (Phi) is 37.7. The van der Waals surface area contributed by atoms with Gasteiger partial charge in [0, 0.05) is 38.0 Å². The van der Waals surface area contributed by atoms with Crippen LogP contribution in [-0.2, 0) is 42.8 Å². The van der Waals surface area contributed by atoms with Gasteiger partial charge in [0.15, 0.2) is 0 Å². The van der Waals surface area contributed by atoms with Crippen LogP contribution in [0.2, 0.25) is 0 Å². The van der Waals surface area contributed by atoms with Gasteiger partial charge in [-0.2, -0.15) is 0 Å². The maximum atomic E-state index is 12.3. The molecule has 12 heteroatoms. The highest BCUT2D eigenvalue weighted by Gasteiger charge is 2.11. The third-order valence-corrected chi connectivity index (χ3v) is 16.3. The first kappa shape index (κ1) is 74.3. The van der Waals surface area contributed by atoms with E-state index in [4.69, 9.17) is 42.6 Å². The Bertz CT molecular complexity index is 2880. The van der Waals surface area contributed by atoms with Gasteiger partial charge in [-0.1, -0.05) is 225 Å². The predicted octanol–water partition coefficient (Wildman–Crippen LogP) is 19.6. The van der Waals surface area contributed by atoms with Gasteiger partial charge < -0.3 is 42.6 Å². The summed E-state index contributed by atoms with van der Waals surface area (Å²) in [7, 11) is 4.99. The molecule has 0 aromatic heterocycles. The number of rotatable bonds is 50. The minimum Gasteiger partial charge on any atom is -0.497 e. The van der Waals surface area contributed by atoms with Crippen molar-refractivity contribution < 1.29 is 57.0 Å². The zero-order chi connectivity index (χ0) is 65.4. The van der Waals surface area contributed by atoms with E-state index in [1.54, 1.807) is 39.6 Å². The minimum atomic E-state index is -0.309. The van der Waals surface area contributed by atoms with E-state index < -0.39 is 0 Å². The van der Waals surface area contributed by atoms with E-state index >= 15 is 0 Å². The van der Waals surface area contributed by atoms with Crippen molar-refractivity contribution in [2.24, 2.45) is 0 Å². The molecule has 0 radical (unpaired) electrons. The highest BCUT2D eigenvalue weighted by Crippen LogP contribution is 2.26. The number of hydrogen-bond donors (Lipinski definition) is 0. The summed E-state index contributed by atoms with van der Waals surface area (Å²) in [6.45, 7) is 4.56.